The Balaban J connectivity index is 1.58. The lowest BCUT2D eigenvalue weighted by Gasteiger charge is -2.29. The lowest BCUT2D eigenvalue weighted by molar-refractivity contribution is 0.0875. The molecular formula is C18H24N6O2. The maximum Gasteiger partial charge on any atom is 0.307 e. The van der Waals surface area contributed by atoms with Crippen molar-refractivity contribution in [2.75, 3.05) is 7.05 Å². The zero-order valence-electron chi connectivity index (χ0n) is 15.0. The second-order valence-electron chi connectivity index (χ2n) is 7.27. The summed E-state index contributed by atoms with van der Waals surface area (Å²) in [5.74, 6) is 0.120. The third kappa shape index (κ3) is 3.27. The molecule has 0 aliphatic heterocycles. The average Bonchev–Trinajstić information content (AvgIpc) is 3.08. The molecule has 0 bridgehead atoms. The van der Waals surface area contributed by atoms with Gasteiger partial charge in [-0.05, 0) is 31.6 Å². The Bertz CT molecular complexity index is 771. The Morgan fingerprint density at radius 3 is 2.88 bits per heavy atom. The van der Waals surface area contributed by atoms with Crippen LogP contribution in [0.15, 0.2) is 28.1 Å². The van der Waals surface area contributed by atoms with Gasteiger partial charge in [0, 0.05) is 13.3 Å². The molecule has 2 aliphatic carbocycles. The van der Waals surface area contributed by atoms with Crippen molar-refractivity contribution in [2.24, 2.45) is 10.9 Å². The molecule has 2 fully saturated rings. The average molecular weight is 356 g/mol. The van der Waals surface area contributed by atoms with Gasteiger partial charge in [-0.15, -0.1) is 5.10 Å². The van der Waals surface area contributed by atoms with Gasteiger partial charge in [0.2, 0.25) is 0 Å². The topological polar surface area (TPSA) is 98.2 Å². The summed E-state index contributed by atoms with van der Waals surface area (Å²) < 4.78 is 7.03. The highest BCUT2D eigenvalue weighted by atomic mass is 16.3. The summed E-state index contributed by atoms with van der Waals surface area (Å²) in [6.07, 6.45) is 14.6. The number of oxazole rings is 1. The zero-order chi connectivity index (χ0) is 18.0. The van der Waals surface area contributed by atoms with E-state index < -0.39 is 0 Å². The molecule has 2 heterocycles. The van der Waals surface area contributed by atoms with Crippen LogP contribution in [0.25, 0.3) is 0 Å². The number of amides is 1. The molecule has 0 spiro atoms. The second-order valence-corrected chi connectivity index (χ2v) is 7.27. The van der Waals surface area contributed by atoms with Crippen molar-refractivity contribution in [3.63, 3.8) is 0 Å². The molecule has 0 saturated heterocycles. The highest BCUT2D eigenvalue weighted by Crippen LogP contribution is 2.42. The summed E-state index contributed by atoms with van der Waals surface area (Å²) in [7, 11) is 1.78. The summed E-state index contributed by atoms with van der Waals surface area (Å²) in [6, 6.07) is -0.183. The minimum absolute atomic E-state index is 0.0787. The highest BCUT2D eigenvalue weighted by Gasteiger charge is 2.45. The summed E-state index contributed by atoms with van der Waals surface area (Å²) in [4.78, 5) is 20.6. The first-order valence-corrected chi connectivity index (χ1v) is 9.28. The minimum atomic E-state index is -0.309. The van der Waals surface area contributed by atoms with Crippen LogP contribution in [0.5, 0.6) is 0 Å². The van der Waals surface area contributed by atoms with Gasteiger partial charge in [0.15, 0.2) is 0 Å². The predicted molar refractivity (Wildman–Crippen MR) is 94.9 cm³/mol. The van der Waals surface area contributed by atoms with E-state index in [1.54, 1.807) is 7.05 Å². The SMILES string of the molecule is CN=CC1(n2cc(C(NC(=O)c3ncco3)C3CCCCC3)nn2)CC1. The number of nitrogens with zero attached hydrogens (tertiary/aromatic N) is 5. The minimum Gasteiger partial charge on any atom is -0.441 e. The molecule has 2 aromatic rings. The molecule has 2 aliphatic rings. The van der Waals surface area contributed by atoms with Crippen molar-refractivity contribution in [1.29, 1.82) is 0 Å². The van der Waals surface area contributed by atoms with Crippen molar-refractivity contribution in [3.05, 3.63) is 30.2 Å². The quantitative estimate of drug-likeness (QED) is 0.802. The molecule has 2 saturated carbocycles. The number of aliphatic imine (C=N–C) groups is 1. The van der Waals surface area contributed by atoms with Crippen LogP contribution in [0.4, 0.5) is 0 Å². The van der Waals surface area contributed by atoms with E-state index in [9.17, 15) is 4.79 Å². The molecule has 26 heavy (non-hydrogen) atoms. The summed E-state index contributed by atoms with van der Waals surface area (Å²) >= 11 is 0. The fraction of sp³-hybridized carbons (Fsp3) is 0.611. The number of aromatic nitrogens is 4. The number of nitrogens with one attached hydrogen (secondary N) is 1. The molecule has 0 aromatic carbocycles. The van der Waals surface area contributed by atoms with Crippen LogP contribution >= 0.6 is 0 Å². The van der Waals surface area contributed by atoms with Gasteiger partial charge in [-0.25, -0.2) is 9.67 Å². The van der Waals surface area contributed by atoms with E-state index in [1.807, 2.05) is 17.1 Å². The van der Waals surface area contributed by atoms with Crippen LogP contribution in [-0.2, 0) is 5.54 Å². The number of hydrogen-bond acceptors (Lipinski definition) is 6. The van der Waals surface area contributed by atoms with Crippen molar-refractivity contribution in [3.8, 4) is 0 Å². The van der Waals surface area contributed by atoms with Crippen molar-refractivity contribution < 1.29 is 9.21 Å². The Morgan fingerprint density at radius 2 is 2.23 bits per heavy atom. The normalized spacial score (nSPS) is 21.0. The molecule has 1 unspecified atom stereocenters. The zero-order valence-corrected chi connectivity index (χ0v) is 15.0. The summed E-state index contributed by atoms with van der Waals surface area (Å²) in [5, 5.41) is 11.8. The van der Waals surface area contributed by atoms with Crippen LogP contribution in [0.2, 0.25) is 0 Å². The van der Waals surface area contributed by atoms with E-state index in [1.165, 1.54) is 31.7 Å². The third-order valence-corrected chi connectivity index (χ3v) is 5.45. The largest absolute Gasteiger partial charge is 0.441 e. The third-order valence-electron chi connectivity index (χ3n) is 5.45. The van der Waals surface area contributed by atoms with Gasteiger partial charge in [0.25, 0.3) is 5.89 Å². The van der Waals surface area contributed by atoms with E-state index in [0.717, 1.165) is 31.4 Å². The van der Waals surface area contributed by atoms with E-state index in [0.29, 0.717) is 5.92 Å². The number of hydrogen-bond donors (Lipinski definition) is 1. The number of carbonyl (C=O) groups excluding carboxylic acids is 1. The highest BCUT2D eigenvalue weighted by molar-refractivity contribution is 5.89. The van der Waals surface area contributed by atoms with Gasteiger partial charge in [-0.1, -0.05) is 24.5 Å². The van der Waals surface area contributed by atoms with Crippen molar-refractivity contribution in [2.45, 2.75) is 56.5 Å². The monoisotopic (exact) mass is 356 g/mol. The van der Waals surface area contributed by atoms with E-state index in [4.69, 9.17) is 4.42 Å². The Labute approximate surface area is 152 Å². The van der Waals surface area contributed by atoms with E-state index >= 15 is 0 Å². The number of rotatable bonds is 6. The Kier molecular flexibility index (Phi) is 4.57. The maximum atomic E-state index is 12.5. The Hall–Kier alpha value is -2.51. The van der Waals surface area contributed by atoms with Crippen LogP contribution in [0.1, 0.15) is 67.4 Å². The summed E-state index contributed by atoms with van der Waals surface area (Å²) in [6.45, 7) is 0. The summed E-state index contributed by atoms with van der Waals surface area (Å²) in [5.41, 5.74) is 0.663. The first kappa shape index (κ1) is 16.9. The Morgan fingerprint density at radius 1 is 1.42 bits per heavy atom. The van der Waals surface area contributed by atoms with E-state index in [2.05, 4.69) is 25.6 Å². The molecule has 1 atom stereocenters. The standard InChI is InChI=1S/C18H24N6O2/c1-19-12-18(7-8-18)24-11-14(22-23-24)15(13-5-3-2-4-6-13)21-16(25)17-20-9-10-26-17/h9-13,15H,2-8H2,1H3,(H,21,25). The van der Waals surface area contributed by atoms with Crippen LogP contribution < -0.4 is 5.32 Å². The van der Waals surface area contributed by atoms with Crippen molar-refractivity contribution >= 4 is 12.1 Å². The first-order chi connectivity index (χ1) is 12.7. The molecule has 0 radical (unpaired) electrons. The molecule has 138 valence electrons. The lowest BCUT2D eigenvalue weighted by Crippen LogP contribution is -2.35. The fourth-order valence-electron chi connectivity index (χ4n) is 3.86. The number of carbonyl (C=O) groups is 1. The lowest BCUT2D eigenvalue weighted by atomic mass is 9.82. The van der Waals surface area contributed by atoms with Gasteiger partial charge in [0.1, 0.15) is 12.0 Å². The molecule has 1 N–H and O–H groups in total. The maximum absolute atomic E-state index is 12.5. The molecule has 2 aromatic heterocycles. The molecule has 8 heteroatoms. The van der Waals surface area contributed by atoms with Crippen molar-refractivity contribution in [1.82, 2.24) is 25.3 Å². The predicted octanol–water partition coefficient (Wildman–Crippen LogP) is 2.51. The van der Waals surface area contributed by atoms with Gasteiger partial charge >= 0.3 is 5.91 Å². The molecule has 8 nitrogen and oxygen atoms in total. The van der Waals surface area contributed by atoms with Crippen LogP contribution in [0.3, 0.4) is 0 Å². The first-order valence-electron chi connectivity index (χ1n) is 9.28. The second kappa shape index (κ2) is 7.01. The van der Waals surface area contributed by atoms with Crippen LogP contribution in [0, 0.1) is 5.92 Å². The fourth-order valence-corrected chi connectivity index (χ4v) is 3.86. The van der Waals surface area contributed by atoms with Gasteiger partial charge in [-0.2, -0.15) is 0 Å². The molecule has 1 amide bonds. The van der Waals surface area contributed by atoms with Gasteiger partial charge in [-0.3, -0.25) is 9.79 Å². The smallest absolute Gasteiger partial charge is 0.307 e. The molecule has 4 rings (SSSR count). The van der Waals surface area contributed by atoms with Gasteiger partial charge < -0.3 is 9.73 Å². The van der Waals surface area contributed by atoms with Gasteiger partial charge in [0.05, 0.1) is 24.0 Å². The molecular weight excluding hydrogens is 332 g/mol. The van der Waals surface area contributed by atoms with E-state index in [-0.39, 0.29) is 23.4 Å². The van der Waals surface area contributed by atoms with Crippen LogP contribution in [-0.4, -0.2) is 39.1 Å².